The smallest absolute Gasteiger partial charge is 0.0962 e. The third-order valence-corrected chi connectivity index (χ3v) is 5.18. The summed E-state index contributed by atoms with van der Waals surface area (Å²) >= 11 is 1.99. The normalized spacial score (nSPS) is 21.2. The number of hydrogen-bond donors (Lipinski definition) is 1. The maximum absolute atomic E-state index is 4.99. The summed E-state index contributed by atoms with van der Waals surface area (Å²) in [6, 6.07) is 0. The molecule has 2 saturated carbocycles. The average molecular weight is 250 g/mol. The lowest BCUT2D eigenvalue weighted by atomic mass is 10.1. The van der Waals surface area contributed by atoms with Gasteiger partial charge in [0.2, 0.25) is 0 Å². The molecule has 3 heteroatoms. The summed E-state index contributed by atoms with van der Waals surface area (Å²) in [6.07, 6.45) is 8.30. The number of nitrogens with one attached hydrogen (secondary N) is 1. The van der Waals surface area contributed by atoms with Crippen molar-refractivity contribution >= 4 is 11.3 Å². The zero-order valence-corrected chi connectivity index (χ0v) is 11.5. The van der Waals surface area contributed by atoms with Crippen LogP contribution in [0.15, 0.2) is 0 Å². The topological polar surface area (TPSA) is 24.9 Å². The second-order valence-electron chi connectivity index (χ2n) is 5.40. The van der Waals surface area contributed by atoms with E-state index in [0.717, 1.165) is 24.9 Å². The molecule has 2 fully saturated rings. The van der Waals surface area contributed by atoms with E-state index in [-0.39, 0.29) is 0 Å². The molecule has 0 saturated heterocycles. The fourth-order valence-electron chi connectivity index (χ4n) is 2.77. The molecule has 0 aliphatic heterocycles. The van der Waals surface area contributed by atoms with Gasteiger partial charge in [0.05, 0.1) is 10.7 Å². The lowest BCUT2D eigenvalue weighted by Gasteiger charge is -2.02. The first-order valence-corrected chi connectivity index (χ1v) is 7.90. The van der Waals surface area contributed by atoms with Crippen LogP contribution in [0.5, 0.6) is 0 Å². The van der Waals surface area contributed by atoms with E-state index in [0.29, 0.717) is 0 Å². The van der Waals surface area contributed by atoms with E-state index in [9.17, 15) is 0 Å². The zero-order valence-electron chi connectivity index (χ0n) is 10.7. The fraction of sp³-hybridized carbons (Fsp3) is 0.786. The molecule has 0 amide bonds. The maximum atomic E-state index is 4.99. The Hall–Kier alpha value is -0.410. The molecule has 2 nitrogen and oxygen atoms in total. The highest BCUT2D eigenvalue weighted by molar-refractivity contribution is 7.11. The number of thiazole rings is 1. The van der Waals surface area contributed by atoms with Gasteiger partial charge in [-0.2, -0.15) is 0 Å². The van der Waals surface area contributed by atoms with Gasteiger partial charge >= 0.3 is 0 Å². The standard InChI is InChI=1S/C14H22N2S/c1-2-15-9-12-13(10-7-8-10)16-14(17-12)11-5-3-4-6-11/h10-11,15H,2-9H2,1H3. The Morgan fingerprint density at radius 2 is 1.94 bits per heavy atom. The first-order chi connectivity index (χ1) is 8.38. The largest absolute Gasteiger partial charge is 0.312 e. The maximum Gasteiger partial charge on any atom is 0.0962 e. The molecule has 2 aliphatic carbocycles. The Kier molecular flexibility index (Phi) is 3.48. The first-order valence-electron chi connectivity index (χ1n) is 7.08. The Balaban J connectivity index is 1.79. The lowest BCUT2D eigenvalue weighted by Crippen LogP contribution is -2.11. The lowest BCUT2D eigenvalue weighted by molar-refractivity contribution is 0.708. The van der Waals surface area contributed by atoms with Gasteiger partial charge in [-0.1, -0.05) is 19.8 Å². The van der Waals surface area contributed by atoms with Gasteiger partial charge in [0.25, 0.3) is 0 Å². The van der Waals surface area contributed by atoms with Crippen LogP contribution in [0.3, 0.4) is 0 Å². The summed E-state index contributed by atoms with van der Waals surface area (Å²) in [5.74, 6) is 1.59. The van der Waals surface area contributed by atoms with Crippen molar-refractivity contribution in [2.45, 2.75) is 63.8 Å². The third-order valence-electron chi connectivity index (χ3n) is 3.95. The predicted octanol–water partition coefficient (Wildman–Crippen LogP) is 3.79. The molecule has 1 aromatic rings. The molecule has 0 spiro atoms. The van der Waals surface area contributed by atoms with Crippen molar-refractivity contribution in [1.82, 2.24) is 10.3 Å². The van der Waals surface area contributed by atoms with E-state index >= 15 is 0 Å². The molecule has 1 aromatic heterocycles. The highest BCUT2D eigenvalue weighted by Gasteiger charge is 2.31. The van der Waals surface area contributed by atoms with Crippen LogP contribution in [0.4, 0.5) is 0 Å². The molecule has 0 atom stereocenters. The van der Waals surface area contributed by atoms with E-state index in [1.807, 2.05) is 11.3 Å². The fourth-order valence-corrected chi connectivity index (χ4v) is 4.06. The zero-order chi connectivity index (χ0) is 11.7. The monoisotopic (exact) mass is 250 g/mol. The molecule has 3 rings (SSSR count). The van der Waals surface area contributed by atoms with Crippen LogP contribution >= 0.6 is 11.3 Å². The molecular weight excluding hydrogens is 228 g/mol. The minimum Gasteiger partial charge on any atom is -0.312 e. The summed E-state index contributed by atoms with van der Waals surface area (Å²) in [6.45, 7) is 4.27. The average Bonchev–Trinajstić information content (AvgIpc) is 2.90. The van der Waals surface area contributed by atoms with E-state index < -0.39 is 0 Å². The van der Waals surface area contributed by atoms with Crippen LogP contribution in [0, 0.1) is 0 Å². The number of nitrogens with zero attached hydrogens (tertiary/aromatic N) is 1. The Morgan fingerprint density at radius 3 is 2.59 bits per heavy atom. The molecule has 2 aliphatic rings. The van der Waals surface area contributed by atoms with Gasteiger partial charge < -0.3 is 5.32 Å². The highest BCUT2D eigenvalue weighted by Crippen LogP contribution is 2.45. The summed E-state index contributed by atoms with van der Waals surface area (Å²) in [7, 11) is 0. The predicted molar refractivity (Wildman–Crippen MR) is 72.7 cm³/mol. The molecule has 0 aromatic carbocycles. The van der Waals surface area contributed by atoms with Crippen LogP contribution < -0.4 is 5.32 Å². The van der Waals surface area contributed by atoms with Gasteiger partial charge in [0, 0.05) is 23.3 Å². The van der Waals surface area contributed by atoms with E-state index in [1.165, 1.54) is 54.1 Å². The highest BCUT2D eigenvalue weighted by atomic mass is 32.1. The van der Waals surface area contributed by atoms with Crippen LogP contribution in [-0.2, 0) is 6.54 Å². The van der Waals surface area contributed by atoms with Crippen LogP contribution in [0.2, 0.25) is 0 Å². The summed E-state index contributed by atoms with van der Waals surface area (Å²) < 4.78 is 0. The molecule has 0 radical (unpaired) electrons. The second kappa shape index (κ2) is 5.07. The first kappa shape index (κ1) is 11.7. The minimum absolute atomic E-state index is 0.785. The molecule has 94 valence electrons. The number of rotatable bonds is 5. The van der Waals surface area contributed by atoms with Crippen LogP contribution in [-0.4, -0.2) is 11.5 Å². The van der Waals surface area contributed by atoms with E-state index in [2.05, 4.69) is 12.2 Å². The van der Waals surface area contributed by atoms with Gasteiger partial charge in [-0.3, -0.25) is 0 Å². The number of aromatic nitrogens is 1. The van der Waals surface area contributed by atoms with Crippen molar-refractivity contribution in [3.05, 3.63) is 15.6 Å². The van der Waals surface area contributed by atoms with Crippen molar-refractivity contribution in [3.8, 4) is 0 Å². The third kappa shape index (κ3) is 2.55. The van der Waals surface area contributed by atoms with Crippen molar-refractivity contribution < 1.29 is 0 Å². The minimum atomic E-state index is 0.785. The van der Waals surface area contributed by atoms with Gasteiger partial charge in [-0.25, -0.2) is 4.98 Å². The van der Waals surface area contributed by atoms with Gasteiger partial charge in [0.1, 0.15) is 0 Å². The molecule has 0 bridgehead atoms. The van der Waals surface area contributed by atoms with Gasteiger partial charge in [-0.05, 0) is 32.2 Å². The van der Waals surface area contributed by atoms with E-state index in [1.54, 1.807) is 0 Å². The molecular formula is C14H22N2S. The summed E-state index contributed by atoms with van der Waals surface area (Å²) in [5, 5.41) is 4.90. The number of hydrogen-bond acceptors (Lipinski definition) is 3. The Morgan fingerprint density at radius 1 is 1.18 bits per heavy atom. The Labute approximate surface area is 108 Å². The Bertz CT molecular complexity index is 376. The van der Waals surface area contributed by atoms with Crippen LogP contribution in [0.25, 0.3) is 0 Å². The quantitative estimate of drug-likeness (QED) is 0.860. The van der Waals surface area contributed by atoms with Gasteiger partial charge in [0.15, 0.2) is 0 Å². The summed E-state index contributed by atoms with van der Waals surface area (Å²) in [4.78, 5) is 6.51. The molecule has 1 heterocycles. The van der Waals surface area contributed by atoms with Crippen LogP contribution in [0.1, 0.15) is 72.9 Å². The van der Waals surface area contributed by atoms with Crippen molar-refractivity contribution in [2.75, 3.05) is 6.54 Å². The van der Waals surface area contributed by atoms with E-state index in [4.69, 9.17) is 4.98 Å². The van der Waals surface area contributed by atoms with Crippen molar-refractivity contribution in [1.29, 1.82) is 0 Å². The second-order valence-corrected chi connectivity index (χ2v) is 6.51. The molecule has 0 unspecified atom stereocenters. The molecule has 17 heavy (non-hydrogen) atoms. The SMILES string of the molecule is CCNCc1sc(C2CCCC2)nc1C1CC1. The van der Waals surface area contributed by atoms with Crippen molar-refractivity contribution in [2.24, 2.45) is 0 Å². The van der Waals surface area contributed by atoms with Gasteiger partial charge in [-0.15, -0.1) is 11.3 Å². The summed E-state index contributed by atoms with van der Waals surface area (Å²) in [5.41, 5.74) is 1.44. The molecule has 1 N–H and O–H groups in total. The van der Waals surface area contributed by atoms with Crippen molar-refractivity contribution in [3.63, 3.8) is 0 Å².